The molecule has 150 valence electrons. The van der Waals surface area contributed by atoms with Crippen LogP contribution in [0.15, 0.2) is 47.4 Å². The summed E-state index contributed by atoms with van der Waals surface area (Å²) in [5.41, 5.74) is 1.12. The summed E-state index contributed by atoms with van der Waals surface area (Å²) in [6.45, 7) is 0.194. The Balaban J connectivity index is 1.49. The topological polar surface area (TPSA) is 96.4 Å². The molecule has 1 fully saturated rings. The molecule has 0 aliphatic carbocycles. The van der Waals surface area contributed by atoms with Gasteiger partial charge in [-0.15, -0.1) is 0 Å². The van der Waals surface area contributed by atoms with E-state index in [1.54, 1.807) is 6.07 Å². The number of aromatic nitrogens is 1. The number of nitrogens with one attached hydrogen (secondary N) is 1. The van der Waals surface area contributed by atoms with E-state index in [1.165, 1.54) is 52.6 Å². The van der Waals surface area contributed by atoms with Crippen molar-refractivity contribution < 1.29 is 22.4 Å². The van der Waals surface area contributed by atoms with Gasteiger partial charge in [0.25, 0.3) is 0 Å². The predicted molar refractivity (Wildman–Crippen MR) is 108 cm³/mol. The fourth-order valence-corrected chi connectivity index (χ4v) is 4.78. The molecule has 7 nitrogen and oxygen atoms in total. The molecule has 1 N–H and O–H groups in total. The highest BCUT2D eigenvalue weighted by atomic mass is 32.2. The molecule has 0 radical (unpaired) electrons. The third-order valence-corrected chi connectivity index (χ3v) is 6.70. The summed E-state index contributed by atoms with van der Waals surface area (Å²) < 4.78 is 37.1. The molecule has 0 saturated carbocycles. The van der Waals surface area contributed by atoms with E-state index < -0.39 is 21.6 Å². The van der Waals surface area contributed by atoms with Crippen molar-refractivity contribution in [2.45, 2.75) is 11.3 Å². The number of hydrogen-bond donors (Lipinski definition) is 1. The third kappa shape index (κ3) is 3.99. The number of nitrogens with zero attached hydrogens (tertiary/aromatic N) is 2. The van der Waals surface area contributed by atoms with Crippen LogP contribution in [0.1, 0.15) is 6.42 Å². The summed E-state index contributed by atoms with van der Waals surface area (Å²) in [4.78, 5) is 30.8. The van der Waals surface area contributed by atoms with E-state index in [-0.39, 0.29) is 29.7 Å². The van der Waals surface area contributed by atoms with Gasteiger partial charge in [-0.3, -0.25) is 9.59 Å². The van der Waals surface area contributed by atoms with Gasteiger partial charge in [0.05, 0.1) is 21.0 Å². The van der Waals surface area contributed by atoms with E-state index >= 15 is 0 Å². The van der Waals surface area contributed by atoms with Crippen LogP contribution in [0.2, 0.25) is 0 Å². The first-order valence-electron chi connectivity index (χ1n) is 8.68. The Morgan fingerprint density at radius 2 is 1.97 bits per heavy atom. The van der Waals surface area contributed by atoms with Gasteiger partial charge in [0.2, 0.25) is 11.8 Å². The first-order chi connectivity index (χ1) is 13.7. The summed E-state index contributed by atoms with van der Waals surface area (Å²) in [7, 11) is -3.34. The van der Waals surface area contributed by atoms with Crippen LogP contribution >= 0.6 is 11.3 Å². The molecule has 2 amide bonds. The second-order valence-electron chi connectivity index (χ2n) is 6.79. The second-order valence-corrected chi connectivity index (χ2v) is 9.84. The number of amides is 2. The lowest BCUT2D eigenvalue weighted by Gasteiger charge is -2.16. The number of carbonyl (C=O) groups is 2. The van der Waals surface area contributed by atoms with Crippen LogP contribution in [0.3, 0.4) is 0 Å². The molecule has 0 spiro atoms. The number of halogens is 1. The molecule has 1 atom stereocenters. The molecule has 0 unspecified atom stereocenters. The number of sulfone groups is 1. The van der Waals surface area contributed by atoms with E-state index in [0.717, 1.165) is 6.26 Å². The average molecular weight is 433 g/mol. The Hall–Kier alpha value is -2.85. The summed E-state index contributed by atoms with van der Waals surface area (Å²) in [5.74, 6) is -1.51. The van der Waals surface area contributed by atoms with Crippen molar-refractivity contribution in [3.63, 3.8) is 0 Å². The Bertz CT molecular complexity index is 1220. The molecular formula is C19H16FN3O4S2. The zero-order valence-electron chi connectivity index (χ0n) is 15.3. The lowest BCUT2D eigenvalue weighted by atomic mass is 10.1. The van der Waals surface area contributed by atoms with Crippen molar-refractivity contribution in [3.05, 3.63) is 48.3 Å². The van der Waals surface area contributed by atoms with Gasteiger partial charge in [0.1, 0.15) is 5.82 Å². The van der Waals surface area contributed by atoms with Gasteiger partial charge >= 0.3 is 0 Å². The largest absolute Gasteiger partial charge is 0.312 e. The maximum atomic E-state index is 13.1. The minimum atomic E-state index is -3.34. The quantitative estimate of drug-likeness (QED) is 0.683. The Labute approximate surface area is 170 Å². The highest BCUT2D eigenvalue weighted by Gasteiger charge is 2.35. The van der Waals surface area contributed by atoms with E-state index in [9.17, 15) is 22.4 Å². The van der Waals surface area contributed by atoms with E-state index in [0.29, 0.717) is 21.0 Å². The number of rotatable bonds is 4. The second kappa shape index (κ2) is 7.20. The molecule has 0 bridgehead atoms. The number of hydrogen-bond acceptors (Lipinski definition) is 6. The van der Waals surface area contributed by atoms with Crippen LogP contribution in [-0.4, -0.2) is 38.0 Å². The van der Waals surface area contributed by atoms with Crippen molar-refractivity contribution in [1.29, 1.82) is 0 Å². The van der Waals surface area contributed by atoms with Crippen molar-refractivity contribution >= 4 is 54.0 Å². The molecule has 2 heterocycles. The van der Waals surface area contributed by atoms with Crippen LogP contribution in [0.4, 0.5) is 15.2 Å². The zero-order chi connectivity index (χ0) is 20.8. The van der Waals surface area contributed by atoms with Gasteiger partial charge in [-0.25, -0.2) is 17.8 Å². The molecule has 4 rings (SSSR count). The Morgan fingerprint density at radius 1 is 1.24 bits per heavy atom. The summed E-state index contributed by atoms with van der Waals surface area (Å²) in [6, 6.07) is 10.1. The van der Waals surface area contributed by atoms with Crippen LogP contribution < -0.4 is 10.2 Å². The number of anilines is 2. The Kier molecular flexibility index (Phi) is 4.83. The number of benzene rings is 2. The number of carbonyl (C=O) groups excluding carboxylic acids is 2. The van der Waals surface area contributed by atoms with Gasteiger partial charge < -0.3 is 10.2 Å². The molecule has 2 aromatic carbocycles. The number of thiazole rings is 1. The lowest BCUT2D eigenvalue weighted by molar-refractivity contribution is -0.122. The van der Waals surface area contributed by atoms with E-state index in [1.807, 2.05) is 0 Å². The fraction of sp³-hybridized carbons (Fsp3) is 0.211. The van der Waals surface area contributed by atoms with Gasteiger partial charge in [-0.1, -0.05) is 11.3 Å². The minimum Gasteiger partial charge on any atom is -0.312 e. The van der Waals surface area contributed by atoms with E-state index in [4.69, 9.17) is 0 Å². The van der Waals surface area contributed by atoms with Crippen LogP contribution in [0.5, 0.6) is 0 Å². The molecule has 1 aliphatic rings. The SMILES string of the molecule is CS(=O)(=O)c1ccc2nc(NC(=O)[C@@H]3CC(=O)N(c4ccc(F)cc4)C3)sc2c1. The zero-order valence-corrected chi connectivity index (χ0v) is 16.9. The fourth-order valence-electron chi connectivity index (χ4n) is 3.15. The summed E-state index contributed by atoms with van der Waals surface area (Å²) in [6.07, 6.45) is 1.17. The maximum absolute atomic E-state index is 13.1. The minimum absolute atomic E-state index is 0.0479. The average Bonchev–Trinajstić information content (AvgIpc) is 3.24. The van der Waals surface area contributed by atoms with Crippen molar-refractivity contribution in [2.24, 2.45) is 5.92 Å². The lowest BCUT2D eigenvalue weighted by Crippen LogP contribution is -2.28. The van der Waals surface area contributed by atoms with Gasteiger partial charge in [-0.2, -0.15) is 0 Å². The van der Waals surface area contributed by atoms with E-state index in [2.05, 4.69) is 10.3 Å². The molecule has 1 saturated heterocycles. The first-order valence-corrected chi connectivity index (χ1v) is 11.4. The molecule has 1 aliphatic heterocycles. The normalized spacial score (nSPS) is 17.1. The van der Waals surface area contributed by atoms with Crippen LogP contribution in [0, 0.1) is 11.7 Å². The predicted octanol–water partition coefficient (Wildman–Crippen LogP) is 2.83. The summed E-state index contributed by atoms with van der Waals surface area (Å²) >= 11 is 1.17. The van der Waals surface area contributed by atoms with Crippen LogP contribution in [0.25, 0.3) is 10.2 Å². The highest BCUT2D eigenvalue weighted by Crippen LogP contribution is 2.30. The number of fused-ring (bicyclic) bond motifs is 1. The molecular weight excluding hydrogens is 417 g/mol. The maximum Gasteiger partial charge on any atom is 0.231 e. The van der Waals surface area contributed by atoms with Crippen LogP contribution in [-0.2, 0) is 19.4 Å². The summed E-state index contributed by atoms with van der Waals surface area (Å²) in [5, 5.41) is 3.05. The van der Waals surface area contributed by atoms with Gasteiger partial charge in [-0.05, 0) is 42.5 Å². The van der Waals surface area contributed by atoms with Gasteiger partial charge in [0, 0.05) is 24.9 Å². The molecule has 3 aromatic rings. The third-order valence-electron chi connectivity index (χ3n) is 4.65. The molecule has 10 heteroatoms. The van der Waals surface area contributed by atoms with Crippen molar-refractivity contribution in [2.75, 3.05) is 23.0 Å². The smallest absolute Gasteiger partial charge is 0.231 e. The van der Waals surface area contributed by atoms with Crippen molar-refractivity contribution in [1.82, 2.24) is 4.98 Å². The Morgan fingerprint density at radius 3 is 2.66 bits per heavy atom. The monoisotopic (exact) mass is 433 g/mol. The molecule has 29 heavy (non-hydrogen) atoms. The standard InChI is InChI=1S/C19H16FN3O4S2/c1-29(26,27)14-6-7-15-16(9-14)28-19(21-15)22-18(25)11-8-17(24)23(10-11)13-4-2-12(20)3-5-13/h2-7,9,11H,8,10H2,1H3,(H,21,22,25)/t11-/m1/s1. The molecule has 1 aromatic heterocycles. The highest BCUT2D eigenvalue weighted by molar-refractivity contribution is 7.90. The van der Waals surface area contributed by atoms with Crippen molar-refractivity contribution in [3.8, 4) is 0 Å². The van der Waals surface area contributed by atoms with Gasteiger partial charge in [0.15, 0.2) is 15.0 Å². The first kappa shape index (κ1) is 19.5.